The highest BCUT2D eigenvalue weighted by Gasteiger charge is 2.09. The van der Waals surface area contributed by atoms with Crippen molar-refractivity contribution >= 4 is 11.6 Å². The Balaban J connectivity index is 2.48. The van der Waals surface area contributed by atoms with Crippen molar-refractivity contribution in [1.29, 1.82) is 0 Å². The number of hydrogen-bond acceptors (Lipinski definition) is 2. The van der Waals surface area contributed by atoms with Crippen LogP contribution in [0.3, 0.4) is 0 Å². The Hall–Kier alpha value is -0.870. The molecule has 0 saturated heterocycles. The van der Waals surface area contributed by atoms with Gasteiger partial charge in [-0.1, -0.05) is 25.4 Å². The zero-order valence-corrected chi connectivity index (χ0v) is 12.0. The predicted molar refractivity (Wildman–Crippen MR) is 73.9 cm³/mol. The molecular formula is C14H20ClF2NO. The molecule has 0 aromatic heterocycles. The Bertz CT molecular complexity index is 386. The molecule has 0 heterocycles. The molecule has 0 aliphatic carbocycles. The lowest BCUT2D eigenvalue weighted by atomic mass is 10.1. The highest BCUT2D eigenvalue weighted by atomic mass is 35.5. The van der Waals surface area contributed by atoms with Gasteiger partial charge in [-0.3, -0.25) is 0 Å². The largest absolute Gasteiger partial charge is 0.434 e. The molecule has 1 rings (SSSR count). The smallest absolute Gasteiger partial charge is 0.387 e. The minimum absolute atomic E-state index is 0.177. The molecule has 0 aliphatic rings. The van der Waals surface area contributed by atoms with Gasteiger partial charge in [0.15, 0.2) is 0 Å². The van der Waals surface area contributed by atoms with Crippen LogP contribution in [0.5, 0.6) is 5.75 Å². The first kappa shape index (κ1) is 16.2. The summed E-state index contributed by atoms with van der Waals surface area (Å²) in [4.78, 5) is 0. The van der Waals surface area contributed by atoms with Gasteiger partial charge in [0.1, 0.15) is 5.75 Å². The normalized spacial score (nSPS) is 11.3. The van der Waals surface area contributed by atoms with Crippen molar-refractivity contribution in [3.63, 3.8) is 0 Å². The monoisotopic (exact) mass is 291 g/mol. The van der Waals surface area contributed by atoms with E-state index in [0.29, 0.717) is 23.0 Å². The highest BCUT2D eigenvalue weighted by molar-refractivity contribution is 6.30. The van der Waals surface area contributed by atoms with E-state index >= 15 is 0 Å². The third kappa shape index (κ3) is 6.73. The number of benzene rings is 1. The van der Waals surface area contributed by atoms with Crippen LogP contribution in [0.25, 0.3) is 0 Å². The SMILES string of the molecule is CC(C)CCCNCc1cc(Cl)ccc1OC(F)F. The number of hydrogen-bond donors (Lipinski definition) is 1. The maximum absolute atomic E-state index is 12.3. The molecular weight excluding hydrogens is 272 g/mol. The van der Waals surface area contributed by atoms with Crippen molar-refractivity contribution in [3.8, 4) is 5.75 Å². The van der Waals surface area contributed by atoms with Crippen LogP contribution in [-0.2, 0) is 6.54 Å². The average molecular weight is 292 g/mol. The second kappa shape index (κ2) is 8.33. The number of nitrogens with one attached hydrogen (secondary N) is 1. The molecule has 0 spiro atoms. The van der Waals surface area contributed by atoms with Crippen LogP contribution in [0.2, 0.25) is 5.02 Å². The standard InChI is InChI=1S/C14H20ClF2NO/c1-10(2)4-3-7-18-9-11-8-12(15)5-6-13(11)19-14(16)17/h5-6,8,10,14,18H,3-4,7,9H2,1-2H3. The first-order valence-corrected chi connectivity index (χ1v) is 6.80. The van der Waals surface area contributed by atoms with E-state index in [1.807, 2.05) is 0 Å². The van der Waals surface area contributed by atoms with Crippen LogP contribution in [0, 0.1) is 5.92 Å². The summed E-state index contributed by atoms with van der Waals surface area (Å²) in [7, 11) is 0. The molecule has 5 heteroatoms. The van der Waals surface area contributed by atoms with Crippen molar-refractivity contribution in [2.24, 2.45) is 5.92 Å². The van der Waals surface area contributed by atoms with Crippen LogP contribution in [0.1, 0.15) is 32.3 Å². The summed E-state index contributed by atoms with van der Waals surface area (Å²) in [5, 5.41) is 3.73. The van der Waals surface area contributed by atoms with E-state index < -0.39 is 6.61 Å². The molecule has 0 fully saturated rings. The molecule has 0 unspecified atom stereocenters. The first-order valence-electron chi connectivity index (χ1n) is 6.43. The minimum Gasteiger partial charge on any atom is -0.434 e. The molecule has 0 amide bonds. The van der Waals surface area contributed by atoms with Gasteiger partial charge in [0.2, 0.25) is 0 Å². The third-order valence-electron chi connectivity index (χ3n) is 2.69. The van der Waals surface area contributed by atoms with Gasteiger partial charge in [0, 0.05) is 17.1 Å². The van der Waals surface area contributed by atoms with Gasteiger partial charge in [-0.25, -0.2) is 0 Å². The molecule has 1 aromatic carbocycles. The zero-order valence-electron chi connectivity index (χ0n) is 11.3. The zero-order chi connectivity index (χ0) is 14.3. The van der Waals surface area contributed by atoms with Gasteiger partial charge in [0.05, 0.1) is 0 Å². The summed E-state index contributed by atoms with van der Waals surface area (Å²) in [6, 6.07) is 4.66. The van der Waals surface area contributed by atoms with E-state index in [2.05, 4.69) is 23.9 Å². The molecule has 108 valence electrons. The summed E-state index contributed by atoms with van der Waals surface area (Å²) in [5.41, 5.74) is 0.650. The molecule has 0 atom stereocenters. The van der Waals surface area contributed by atoms with E-state index in [0.717, 1.165) is 19.4 Å². The minimum atomic E-state index is -2.82. The van der Waals surface area contributed by atoms with E-state index in [4.69, 9.17) is 11.6 Å². The number of ether oxygens (including phenoxy) is 1. The van der Waals surface area contributed by atoms with Crippen LogP contribution in [0.4, 0.5) is 8.78 Å². The Kier molecular flexibility index (Phi) is 7.10. The van der Waals surface area contributed by atoms with Crippen LogP contribution in [0.15, 0.2) is 18.2 Å². The van der Waals surface area contributed by atoms with Gasteiger partial charge < -0.3 is 10.1 Å². The molecule has 0 aliphatic heterocycles. The Morgan fingerprint density at radius 1 is 1.32 bits per heavy atom. The average Bonchev–Trinajstić information content (AvgIpc) is 2.31. The molecule has 2 nitrogen and oxygen atoms in total. The maximum Gasteiger partial charge on any atom is 0.387 e. The van der Waals surface area contributed by atoms with Gasteiger partial charge in [-0.05, 0) is 43.5 Å². The van der Waals surface area contributed by atoms with E-state index in [9.17, 15) is 8.78 Å². The number of alkyl halides is 2. The summed E-state index contributed by atoms with van der Waals surface area (Å²) < 4.78 is 29.0. The fourth-order valence-corrected chi connectivity index (χ4v) is 1.95. The molecule has 0 saturated carbocycles. The summed E-state index contributed by atoms with van der Waals surface area (Å²) in [6.07, 6.45) is 2.20. The molecule has 1 N–H and O–H groups in total. The van der Waals surface area contributed by atoms with Crippen LogP contribution in [-0.4, -0.2) is 13.2 Å². The number of rotatable bonds is 8. The molecule has 1 aromatic rings. The molecule has 19 heavy (non-hydrogen) atoms. The van der Waals surface area contributed by atoms with E-state index in [1.54, 1.807) is 12.1 Å². The Morgan fingerprint density at radius 3 is 2.68 bits per heavy atom. The second-order valence-corrected chi connectivity index (χ2v) is 5.28. The van der Waals surface area contributed by atoms with Crippen molar-refractivity contribution in [3.05, 3.63) is 28.8 Å². The third-order valence-corrected chi connectivity index (χ3v) is 2.92. The van der Waals surface area contributed by atoms with Gasteiger partial charge in [-0.2, -0.15) is 8.78 Å². The highest BCUT2D eigenvalue weighted by Crippen LogP contribution is 2.24. The van der Waals surface area contributed by atoms with Crippen molar-refractivity contribution in [2.75, 3.05) is 6.54 Å². The summed E-state index contributed by atoms with van der Waals surface area (Å²) in [5.74, 6) is 0.849. The van der Waals surface area contributed by atoms with Crippen molar-refractivity contribution < 1.29 is 13.5 Å². The van der Waals surface area contributed by atoms with Crippen molar-refractivity contribution in [2.45, 2.75) is 39.8 Å². The van der Waals surface area contributed by atoms with E-state index in [1.165, 1.54) is 6.07 Å². The van der Waals surface area contributed by atoms with Gasteiger partial charge >= 0.3 is 6.61 Å². The second-order valence-electron chi connectivity index (χ2n) is 4.84. The summed E-state index contributed by atoms with van der Waals surface area (Å²) >= 11 is 5.86. The van der Waals surface area contributed by atoms with Crippen LogP contribution < -0.4 is 10.1 Å². The Morgan fingerprint density at radius 2 is 2.05 bits per heavy atom. The van der Waals surface area contributed by atoms with Crippen molar-refractivity contribution in [1.82, 2.24) is 5.32 Å². The fraction of sp³-hybridized carbons (Fsp3) is 0.571. The summed E-state index contributed by atoms with van der Waals surface area (Å²) in [6.45, 7) is 2.84. The predicted octanol–water partition coefficient (Wildman–Crippen LogP) is 4.47. The maximum atomic E-state index is 12.3. The Labute approximate surface area is 118 Å². The van der Waals surface area contributed by atoms with Gasteiger partial charge in [-0.15, -0.1) is 0 Å². The fourth-order valence-electron chi connectivity index (χ4n) is 1.76. The van der Waals surface area contributed by atoms with E-state index in [-0.39, 0.29) is 5.75 Å². The quantitative estimate of drug-likeness (QED) is 0.714. The lowest BCUT2D eigenvalue weighted by Crippen LogP contribution is -2.16. The molecule has 0 bridgehead atoms. The van der Waals surface area contributed by atoms with Gasteiger partial charge in [0.25, 0.3) is 0 Å². The van der Waals surface area contributed by atoms with Crippen LogP contribution >= 0.6 is 11.6 Å². The molecule has 0 radical (unpaired) electrons. The lowest BCUT2D eigenvalue weighted by molar-refractivity contribution is -0.0504. The topological polar surface area (TPSA) is 21.3 Å². The lowest BCUT2D eigenvalue weighted by Gasteiger charge is -2.12. The first-order chi connectivity index (χ1) is 8.99. The number of halogens is 3.